The monoisotopic (exact) mass is 556 g/mol. The Labute approximate surface area is 239 Å². The van der Waals surface area contributed by atoms with Gasteiger partial charge in [-0.15, -0.1) is 0 Å². The maximum atomic E-state index is 12.3. The van der Waals surface area contributed by atoms with Crippen LogP contribution in [-0.4, -0.2) is 70.4 Å². The highest BCUT2D eigenvalue weighted by Crippen LogP contribution is 2.62. The lowest BCUT2D eigenvalue weighted by Crippen LogP contribution is -2.64. The predicted octanol–water partition coefficient (Wildman–Crippen LogP) is 3.69. The smallest absolute Gasteiger partial charge is 0.309 e. The Kier molecular flexibility index (Phi) is 6.78. The third-order valence-electron chi connectivity index (χ3n) is 9.46. The van der Waals surface area contributed by atoms with Crippen molar-refractivity contribution in [2.75, 3.05) is 20.7 Å². The summed E-state index contributed by atoms with van der Waals surface area (Å²) in [6.07, 6.45) is 5.45. The summed E-state index contributed by atoms with van der Waals surface area (Å²) in [4.78, 5) is 25.5. The lowest BCUT2D eigenvalue weighted by atomic mass is 9.53. The molecule has 2 N–H and O–H groups in total. The molecule has 214 valence electrons. The van der Waals surface area contributed by atoms with Crippen LogP contribution in [0.25, 0.3) is 0 Å². The maximum Gasteiger partial charge on any atom is 0.309 e. The molecule has 1 aromatic heterocycles. The number of likely N-dealkylation sites (tertiary alicyclic amines) is 1. The predicted molar refractivity (Wildman–Crippen MR) is 154 cm³/mol. The van der Waals surface area contributed by atoms with E-state index in [1.165, 1.54) is 11.1 Å². The number of aliphatic carboxylic acids is 1. The van der Waals surface area contributed by atoms with Crippen LogP contribution in [0.2, 0.25) is 0 Å². The standard InChI is InChI=1S/C18H21NO3.C15H15NO3/c1-19-8-7-18-11-4-5-13(20)17(18)22-16-14(21-2)6-3-10(15(16)18)9-12(11)19;1-10-3-5-11(6-4-10)15(19)13-8-7-12(16(13)2)9-14(17)18/h3-6,11-13,17,20H,7-9H2,1-2H3;3-8H,9H2,1-2H3,(H,17,18)/t11-,12+,13-,17-,18-;/m0./s1. The number of nitrogens with zero attached hydrogens (tertiary/aromatic N) is 2. The molecule has 0 radical (unpaired) electrons. The first-order valence-electron chi connectivity index (χ1n) is 14.1. The van der Waals surface area contributed by atoms with Crippen molar-refractivity contribution < 1.29 is 29.3 Å². The van der Waals surface area contributed by atoms with Crippen molar-refractivity contribution >= 4 is 11.8 Å². The van der Waals surface area contributed by atoms with E-state index in [-0.39, 0.29) is 23.7 Å². The Morgan fingerprint density at radius 1 is 1.07 bits per heavy atom. The lowest BCUT2D eigenvalue weighted by Gasteiger charge is -2.56. The molecule has 3 aromatic rings. The number of piperidine rings is 1. The summed E-state index contributed by atoms with van der Waals surface area (Å²) in [5.74, 6) is 1.08. The molecule has 8 heteroatoms. The molecule has 0 amide bonds. The maximum absolute atomic E-state index is 12.3. The molecule has 2 aliphatic heterocycles. The molecule has 41 heavy (non-hydrogen) atoms. The second-order valence-corrected chi connectivity index (χ2v) is 11.6. The van der Waals surface area contributed by atoms with Gasteiger partial charge < -0.3 is 29.2 Å². The van der Waals surface area contributed by atoms with Crippen LogP contribution < -0.4 is 9.47 Å². The van der Waals surface area contributed by atoms with E-state index in [0.29, 0.717) is 28.9 Å². The molecule has 1 saturated heterocycles. The first-order valence-corrected chi connectivity index (χ1v) is 14.1. The number of carboxylic acid groups (broad SMARTS) is 1. The van der Waals surface area contributed by atoms with Gasteiger partial charge in [0.05, 0.1) is 19.2 Å². The highest BCUT2D eigenvalue weighted by atomic mass is 16.5. The summed E-state index contributed by atoms with van der Waals surface area (Å²) >= 11 is 0. The third-order valence-corrected chi connectivity index (χ3v) is 9.46. The van der Waals surface area contributed by atoms with E-state index in [9.17, 15) is 14.7 Å². The molecular formula is C33H36N2O6. The highest BCUT2D eigenvalue weighted by Gasteiger charge is 2.64. The van der Waals surface area contributed by atoms with Crippen LogP contribution in [0.4, 0.5) is 0 Å². The Balaban J connectivity index is 0.000000150. The zero-order valence-electron chi connectivity index (χ0n) is 23.8. The van der Waals surface area contributed by atoms with Gasteiger partial charge in [0.1, 0.15) is 12.2 Å². The average Bonchev–Trinajstić information content (AvgIpc) is 3.49. The zero-order valence-corrected chi connectivity index (χ0v) is 23.8. The Hall–Kier alpha value is -3.88. The molecule has 7 rings (SSSR count). The number of ketones is 1. The quantitative estimate of drug-likeness (QED) is 0.365. The third kappa shape index (κ3) is 4.28. The number of carboxylic acids is 1. The largest absolute Gasteiger partial charge is 0.493 e. The van der Waals surface area contributed by atoms with Gasteiger partial charge in [-0.05, 0) is 57.1 Å². The van der Waals surface area contributed by atoms with E-state index >= 15 is 0 Å². The summed E-state index contributed by atoms with van der Waals surface area (Å²) in [7, 11) is 5.62. The molecule has 0 saturated carbocycles. The summed E-state index contributed by atoms with van der Waals surface area (Å²) in [6.45, 7) is 3.01. The van der Waals surface area contributed by atoms with Gasteiger partial charge >= 0.3 is 5.97 Å². The minimum absolute atomic E-state index is 0.0806. The van der Waals surface area contributed by atoms with E-state index in [1.54, 1.807) is 43.0 Å². The number of aliphatic hydroxyl groups is 1. The van der Waals surface area contributed by atoms with Crippen molar-refractivity contribution in [2.24, 2.45) is 13.0 Å². The SMILES string of the molecule is COc1ccc2c3c1O[C@H]1[C@@H](O)C=C[C@H]4[C@@H](C2)N(C)CC[C@@]341.Cc1ccc(C(=O)c2ccc(CC(=O)O)n2C)cc1. The number of rotatable bonds is 5. The highest BCUT2D eigenvalue weighted by molar-refractivity contribution is 6.08. The number of likely N-dealkylation sites (N-methyl/N-ethyl adjacent to an activating group) is 1. The van der Waals surface area contributed by atoms with Gasteiger partial charge in [0, 0.05) is 41.2 Å². The Bertz CT molecular complexity index is 1540. The molecule has 0 unspecified atom stereocenters. The number of methoxy groups -OCH3 is 1. The molecule has 2 bridgehead atoms. The van der Waals surface area contributed by atoms with E-state index < -0.39 is 12.1 Å². The molecule has 2 aliphatic carbocycles. The van der Waals surface area contributed by atoms with Crippen molar-refractivity contribution in [3.8, 4) is 11.5 Å². The van der Waals surface area contributed by atoms with Crippen LogP contribution in [0.3, 0.4) is 0 Å². The number of aromatic nitrogens is 1. The van der Waals surface area contributed by atoms with Crippen molar-refractivity contribution in [1.82, 2.24) is 9.47 Å². The van der Waals surface area contributed by atoms with Gasteiger partial charge in [0.15, 0.2) is 11.5 Å². The summed E-state index contributed by atoms with van der Waals surface area (Å²) in [6, 6.07) is 15.4. The van der Waals surface area contributed by atoms with Gasteiger partial charge in [-0.25, -0.2) is 0 Å². The number of ether oxygens (including phenoxy) is 2. The minimum atomic E-state index is -0.907. The molecule has 2 aromatic carbocycles. The fourth-order valence-electron chi connectivity index (χ4n) is 7.36. The number of benzene rings is 2. The first-order chi connectivity index (χ1) is 19.6. The number of hydrogen-bond acceptors (Lipinski definition) is 6. The van der Waals surface area contributed by atoms with E-state index in [1.807, 2.05) is 31.2 Å². The second kappa shape index (κ2) is 10.2. The van der Waals surface area contributed by atoms with Gasteiger partial charge in [0.25, 0.3) is 0 Å². The number of hydrogen-bond donors (Lipinski definition) is 2. The van der Waals surface area contributed by atoms with Gasteiger partial charge in [-0.3, -0.25) is 9.59 Å². The fourth-order valence-corrected chi connectivity index (χ4v) is 7.36. The average molecular weight is 557 g/mol. The first kappa shape index (κ1) is 27.3. The van der Waals surface area contributed by atoms with E-state index in [4.69, 9.17) is 14.6 Å². The molecule has 4 aliphatic rings. The number of carbonyl (C=O) groups is 2. The van der Waals surface area contributed by atoms with Crippen molar-refractivity contribution in [1.29, 1.82) is 0 Å². The lowest BCUT2D eigenvalue weighted by molar-refractivity contribution is -0.136. The Morgan fingerprint density at radius 2 is 1.83 bits per heavy atom. The van der Waals surface area contributed by atoms with Crippen LogP contribution >= 0.6 is 0 Å². The van der Waals surface area contributed by atoms with E-state index in [0.717, 1.165) is 36.4 Å². The van der Waals surface area contributed by atoms with Crippen LogP contribution in [0.5, 0.6) is 11.5 Å². The van der Waals surface area contributed by atoms with Crippen LogP contribution in [0, 0.1) is 12.8 Å². The van der Waals surface area contributed by atoms with Crippen molar-refractivity contribution in [3.63, 3.8) is 0 Å². The van der Waals surface area contributed by atoms with Crippen LogP contribution in [0.1, 0.15) is 44.9 Å². The normalized spacial score (nSPS) is 26.9. The summed E-state index contributed by atoms with van der Waals surface area (Å²) < 4.78 is 13.5. The van der Waals surface area contributed by atoms with E-state index in [2.05, 4.69) is 24.1 Å². The molecule has 3 heterocycles. The van der Waals surface area contributed by atoms with Gasteiger partial charge in [-0.1, -0.05) is 48.0 Å². The van der Waals surface area contributed by atoms with Crippen molar-refractivity contribution in [2.45, 2.75) is 49.9 Å². The molecule has 8 nitrogen and oxygen atoms in total. The van der Waals surface area contributed by atoms with Gasteiger partial charge in [0.2, 0.25) is 5.78 Å². The second-order valence-electron chi connectivity index (χ2n) is 11.6. The summed E-state index contributed by atoms with van der Waals surface area (Å²) in [5.41, 5.74) is 5.41. The minimum Gasteiger partial charge on any atom is -0.493 e. The Morgan fingerprint density at radius 3 is 2.54 bits per heavy atom. The zero-order chi connectivity index (χ0) is 29.1. The van der Waals surface area contributed by atoms with Crippen LogP contribution in [0.15, 0.2) is 60.7 Å². The summed E-state index contributed by atoms with van der Waals surface area (Å²) in [5, 5.41) is 19.3. The number of carbonyl (C=O) groups excluding carboxylic acids is 1. The number of aliphatic hydroxyl groups excluding tert-OH is 1. The van der Waals surface area contributed by atoms with Gasteiger partial charge in [-0.2, -0.15) is 0 Å². The van der Waals surface area contributed by atoms with Crippen LogP contribution in [-0.2, 0) is 30.1 Å². The van der Waals surface area contributed by atoms with Crippen molar-refractivity contribution in [3.05, 3.63) is 94.3 Å². The molecular weight excluding hydrogens is 520 g/mol. The molecule has 5 atom stereocenters. The molecule has 1 spiro atoms. The molecule has 1 fully saturated rings. The number of aryl methyl sites for hydroxylation is 1. The topological polar surface area (TPSA) is 101 Å². The fraction of sp³-hybridized carbons (Fsp3) is 0.394.